The smallest absolute Gasteiger partial charge is 0.295 e. The second kappa shape index (κ2) is 5.48. The summed E-state index contributed by atoms with van der Waals surface area (Å²) >= 11 is 0. The van der Waals surface area contributed by atoms with E-state index in [0.717, 1.165) is 17.2 Å². The van der Waals surface area contributed by atoms with Gasteiger partial charge in [-0.1, -0.05) is 29.8 Å². The zero-order valence-corrected chi connectivity index (χ0v) is 10.4. The number of hydrogen-bond donors (Lipinski definition) is 1. The van der Waals surface area contributed by atoms with Gasteiger partial charge in [0.05, 0.1) is 11.0 Å². The minimum atomic E-state index is -0.618. The van der Waals surface area contributed by atoms with Gasteiger partial charge in [-0.25, -0.2) is 4.39 Å². The van der Waals surface area contributed by atoms with Crippen molar-refractivity contribution in [3.63, 3.8) is 0 Å². The zero-order chi connectivity index (χ0) is 13.8. The summed E-state index contributed by atoms with van der Waals surface area (Å²) in [4.78, 5) is 10.2. The molecule has 0 amide bonds. The molecule has 0 unspecified atom stereocenters. The lowest BCUT2D eigenvalue weighted by atomic mass is 10.1. The number of rotatable bonds is 4. The predicted molar refractivity (Wildman–Crippen MR) is 71.6 cm³/mol. The van der Waals surface area contributed by atoms with Crippen molar-refractivity contribution in [3.05, 3.63) is 69.5 Å². The molecule has 0 aromatic heterocycles. The van der Waals surface area contributed by atoms with Crippen LogP contribution in [0.5, 0.6) is 0 Å². The first-order valence-electron chi connectivity index (χ1n) is 5.79. The normalized spacial score (nSPS) is 10.2. The summed E-state index contributed by atoms with van der Waals surface area (Å²) in [5.41, 5.74) is 2.21. The molecule has 0 spiro atoms. The van der Waals surface area contributed by atoms with E-state index in [0.29, 0.717) is 12.2 Å². The van der Waals surface area contributed by atoms with E-state index >= 15 is 0 Å². The number of halogens is 1. The fourth-order valence-electron chi connectivity index (χ4n) is 1.71. The molecule has 4 nitrogen and oxygen atoms in total. The van der Waals surface area contributed by atoms with Gasteiger partial charge >= 0.3 is 0 Å². The molecule has 0 fully saturated rings. The lowest BCUT2D eigenvalue weighted by Crippen LogP contribution is -2.03. The highest BCUT2D eigenvalue weighted by Gasteiger charge is 2.14. The Bertz CT molecular complexity index is 597. The van der Waals surface area contributed by atoms with E-state index in [1.54, 1.807) is 0 Å². The van der Waals surface area contributed by atoms with Gasteiger partial charge in [0.2, 0.25) is 0 Å². The maximum atomic E-state index is 13.0. The average molecular weight is 260 g/mol. The molecule has 2 aromatic rings. The van der Waals surface area contributed by atoms with Crippen LogP contribution in [0.15, 0.2) is 42.5 Å². The summed E-state index contributed by atoms with van der Waals surface area (Å²) in [6.45, 7) is 2.44. The van der Waals surface area contributed by atoms with Crippen molar-refractivity contribution < 1.29 is 9.31 Å². The van der Waals surface area contributed by atoms with Gasteiger partial charge in [-0.2, -0.15) is 0 Å². The Balaban J connectivity index is 2.15. The molecule has 0 atom stereocenters. The van der Waals surface area contributed by atoms with Gasteiger partial charge in [-0.05, 0) is 24.6 Å². The number of nitrogens with one attached hydrogen (secondary N) is 1. The Morgan fingerprint density at radius 3 is 2.53 bits per heavy atom. The number of nitrogens with zero attached hydrogens (tertiary/aromatic N) is 1. The van der Waals surface area contributed by atoms with Gasteiger partial charge in [0.1, 0.15) is 11.5 Å². The van der Waals surface area contributed by atoms with Crippen LogP contribution < -0.4 is 5.32 Å². The van der Waals surface area contributed by atoms with Gasteiger partial charge in [0.15, 0.2) is 0 Å². The molecule has 0 bridgehead atoms. The predicted octanol–water partition coefficient (Wildman–Crippen LogP) is 3.65. The van der Waals surface area contributed by atoms with Crippen LogP contribution >= 0.6 is 0 Å². The maximum Gasteiger partial charge on any atom is 0.295 e. The fourth-order valence-corrected chi connectivity index (χ4v) is 1.71. The first-order valence-corrected chi connectivity index (χ1v) is 5.79. The molecule has 0 radical (unpaired) electrons. The van der Waals surface area contributed by atoms with E-state index in [-0.39, 0.29) is 5.69 Å². The highest BCUT2D eigenvalue weighted by molar-refractivity contribution is 5.61. The minimum Gasteiger partial charge on any atom is -0.375 e. The van der Waals surface area contributed by atoms with Crippen LogP contribution in [0.4, 0.5) is 15.8 Å². The topological polar surface area (TPSA) is 55.2 Å². The molecule has 0 aliphatic carbocycles. The third-order valence-corrected chi connectivity index (χ3v) is 2.76. The minimum absolute atomic E-state index is 0.257. The Morgan fingerprint density at radius 1 is 1.21 bits per heavy atom. The lowest BCUT2D eigenvalue weighted by Gasteiger charge is -2.07. The van der Waals surface area contributed by atoms with E-state index in [9.17, 15) is 14.5 Å². The van der Waals surface area contributed by atoms with Crippen LogP contribution in [0.25, 0.3) is 0 Å². The quantitative estimate of drug-likeness (QED) is 0.674. The molecule has 0 aliphatic heterocycles. The number of nitro benzene ring substituents is 1. The Kier molecular flexibility index (Phi) is 3.75. The molecular weight excluding hydrogens is 247 g/mol. The van der Waals surface area contributed by atoms with E-state index in [4.69, 9.17) is 0 Å². The number of aryl methyl sites for hydroxylation is 1. The van der Waals surface area contributed by atoms with Crippen LogP contribution in [0.3, 0.4) is 0 Å². The third kappa shape index (κ3) is 3.28. The van der Waals surface area contributed by atoms with E-state index in [1.165, 1.54) is 12.1 Å². The summed E-state index contributed by atoms with van der Waals surface area (Å²) in [5.74, 6) is -0.618. The van der Waals surface area contributed by atoms with Crippen molar-refractivity contribution in [1.82, 2.24) is 0 Å². The highest BCUT2D eigenvalue weighted by Crippen LogP contribution is 2.25. The molecule has 98 valence electrons. The monoisotopic (exact) mass is 260 g/mol. The van der Waals surface area contributed by atoms with Gasteiger partial charge < -0.3 is 5.32 Å². The summed E-state index contributed by atoms with van der Waals surface area (Å²) in [6, 6.07) is 11.3. The molecule has 2 rings (SSSR count). The third-order valence-electron chi connectivity index (χ3n) is 2.76. The first-order chi connectivity index (χ1) is 9.06. The van der Waals surface area contributed by atoms with Crippen molar-refractivity contribution in [2.24, 2.45) is 0 Å². The van der Waals surface area contributed by atoms with Crippen LogP contribution in [-0.4, -0.2) is 4.92 Å². The van der Waals surface area contributed by atoms with E-state index in [1.807, 2.05) is 31.2 Å². The number of nitro groups is 1. The highest BCUT2D eigenvalue weighted by atomic mass is 19.1. The van der Waals surface area contributed by atoms with Gasteiger partial charge in [-0.15, -0.1) is 0 Å². The standard InChI is InChI=1S/C14H13FN2O2/c1-10-2-4-11(5-3-10)9-16-13-7-6-12(15)8-14(13)17(18)19/h2-8,16H,9H2,1H3. The second-order valence-corrected chi connectivity index (χ2v) is 4.26. The molecule has 0 saturated heterocycles. The molecule has 0 heterocycles. The van der Waals surface area contributed by atoms with Crippen molar-refractivity contribution in [2.45, 2.75) is 13.5 Å². The van der Waals surface area contributed by atoms with Crippen molar-refractivity contribution in [2.75, 3.05) is 5.32 Å². The molecular formula is C14H13FN2O2. The Labute approximate surface area is 110 Å². The average Bonchev–Trinajstić information content (AvgIpc) is 2.39. The van der Waals surface area contributed by atoms with Crippen molar-refractivity contribution in [1.29, 1.82) is 0 Å². The van der Waals surface area contributed by atoms with Gasteiger partial charge in [0.25, 0.3) is 5.69 Å². The number of benzene rings is 2. The van der Waals surface area contributed by atoms with Crippen LogP contribution in [0.2, 0.25) is 0 Å². The van der Waals surface area contributed by atoms with E-state index < -0.39 is 10.7 Å². The Morgan fingerprint density at radius 2 is 1.89 bits per heavy atom. The van der Waals surface area contributed by atoms with Crippen molar-refractivity contribution >= 4 is 11.4 Å². The van der Waals surface area contributed by atoms with Gasteiger partial charge in [-0.3, -0.25) is 10.1 Å². The van der Waals surface area contributed by atoms with Crippen LogP contribution in [0, 0.1) is 22.9 Å². The molecule has 2 aromatic carbocycles. The number of hydrogen-bond acceptors (Lipinski definition) is 3. The first kappa shape index (κ1) is 13.0. The SMILES string of the molecule is Cc1ccc(CNc2ccc(F)cc2[N+](=O)[O-])cc1. The molecule has 19 heavy (non-hydrogen) atoms. The summed E-state index contributed by atoms with van der Waals surface area (Å²) < 4.78 is 13.0. The second-order valence-electron chi connectivity index (χ2n) is 4.26. The van der Waals surface area contributed by atoms with Gasteiger partial charge in [0, 0.05) is 6.54 Å². The largest absolute Gasteiger partial charge is 0.375 e. The molecule has 0 saturated carbocycles. The maximum absolute atomic E-state index is 13.0. The molecule has 0 aliphatic rings. The molecule has 5 heteroatoms. The molecule has 1 N–H and O–H groups in total. The number of anilines is 1. The van der Waals surface area contributed by atoms with Crippen LogP contribution in [-0.2, 0) is 6.54 Å². The van der Waals surface area contributed by atoms with E-state index in [2.05, 4.69) is 5.32 Å². The summed E-state index contributed by atoms with van der Waals surface area (Å²) in [7, 11) is 0. The zero-order valence-electron chi connectivity index (χ0n) is 10.4. The Hall–Kier alpha value is -2.43. The van der Waals surface area contributed by atoms with Crippen molar-refractivity contribution in [3.8, 4) is 0 Å². The summed E-state index contributed by atoms with van der Waals surface area (Å²) in [6.07, 6.45) is 0. The van der Waals surface area contributed by atoms with Crippen LogP contribution in [0.1, 0.15) is 11.1 Å². The summed E-state index contributed by atoms with van der Waals surface area (Å²) in [5, 5.41) is 13.8. The fraction of sp³-hybridized carbons (Fsp3) is 0.143. The lowest BCUT2D eigenvalue weighted by molar-refractivity contribution is -0.384.